The van der Waals surface area contributed by atoms with Gasteiger partial charge in [0.05, 0.1) is 5.56 Å². The Morgan fingerprint density at radius 2 is 1.52 bits per heavy atom. The van der Waals surface area contributed by atoms with Gasteiger partial charge in [-0.3, -0.25) is 4.79 Å². The van der Waals surface area contributed by atoms with Crippen molar-refractivity contribution in [3.63, 3.8) is 0 Å². The maximum Gasteiger partial charge on any atom is 0.306 e. The van der Waals surface area contributed by atoms with Crippen molar-refractivity contribution in [1.82, 2.24) is 0 Å². The number of allylic oxidation sites excluding steroid dienone is 1. The molecule has 0 heterocycles. The highest BCUT2D eigenvalue weighted by Crippen LogP contribution is 2.61. The van der Waals surface area contributed by atoms with E-state index in [0.717, 1.165) is 0 Å². The summed E-state index contributed by atoms with van der Waals surface area (Å²) in [6, 6.07) is 0. The normalized spacial score (nSPS) is 21.0. The van der Waals surface area contributed by atoms with Crippen molar-refractivity contribution in [1.29, 1.82) is 0 Å². The number of carbonyl (C=O) groups is 1. The molecule has 138 valence electrons. The second kappa shape index (κ2) is 7.11. The molecule has 2 unspecified atom stereocenters. The monoisotopic (exact) mass is 402 g/mol. The van der Waals surface area contributed by atoms with Crippen molar-refractivity contribution in [2.75, 3.05) is 0 Å². The number of ether oxygens (including phenoxy) is 1. The largest absolute Gasteiger partial charge is 0.461 e. The van der Waals surface area contributed by atoms with E-state index >= 15 is 0 Å². The first-order valence-corrected chi connectivity index (χ1v) is 7.92. The Morgan fingerprint density at radius 3 is 2.00 bits per heavy atom. The maximum absolute atomic E-state index is 13.5. The van der Waals surface area contributed by atoms with Crippen LogP contribution in [0.2, 0.25) is 0 Å². The van der Waals surface area contributed by atoms with E-state index in [1.165, 1.54) is 0 Å². The van der Waals surface area contributed by atoms with Gasteiger partial charge in [-0.25, -0.2) is 22.0 Å². The first kappa shape index (κ1) is 20.0. The Morgan fingerprint density at radius 1 is 1.04 bits per heavy atom. The third-order valence-electron chi connectivity index (χ3n) is 4.51. The predicted molar refractivity (Wildman–Crippen MR) is 81.2 cm³/mol. The summed E-state index contributed by atoms with van der Waals surface area (Å²) in [5.41, 5.74) is -1.47. The van der Waals surface area contributed by atoms with E-state index in [-0.39, 0.29) is 28.2 Å². The van der Waals surface area contributed by atoms with E-state index in [1.807, 2.05) is 13.8 Å². The summed E-state index contributed by atoms with van der Waals surface area (Å²) < 4.78 is 70.9. The fourth-order valence-electron chi connectivity index (χ4n) is 2.81. The van der Waals surface area contributed by atoms with E-state index in [4.69, 9.17) is 23.2 Å². The van der Waals surface area contributed by atoms with Crippen LogP contribution in [0.5, 0.6) is 0 Å². The summed E-state index contributed by atoms with van der Waals surface area (Å²) in [5, 5.41) is 0. The Hall–Kier alpha value is -1.34. The second-order valence-corrected chi connectivity index (χ2v) is 7.33. The van der Waals surface area contributed by atoms with Gasteiger partial charge in [-0.1, -0.05) is 43.1 Å². The van der Waals surface area contributed by atoms with Gasteiger partial charge in [0.1, 0.15) is 11.1 Å². The predicted octanol–water partition coefficient (Wildman–Crippen LogP) is 5.41. The number of rotatable bonds is 5. The Kier molecular flexibility index (Phi) is 5.68. The molecule has 0 aliphatic heterocycles. The average Bonchev–Trinajstić information content (AvgIpc) is 3.02. The fourth-order valence-corrected chi connectivity index (χ4v) is 3.08. The van der Waals surface area contributed by atoms with E-state index < -0.39 is 47.2 Å². The van der Waals surface area contributed by atoms with E-state index in [0.29, 0.717) is 0 Å². The minimum Gasteiger partial charge on any atom is -0.461 e. The number of carbonyl (C=O) groups excluding carboxylic acids is 1. The van der Waals surface area contributed by atoms with Gasteiger partial charge < -0.3 is 4.74 Å². The highest BCUT2D eigenvalue weighted by molar-refractivity contribution is 6.55. The molecule has 25 heavy (non-hydrogen) atoms. The molecule has 1 aromatic carbocycles. The van der Waals surface area contributed by atoms with Crippen LogP contribution in [0.15, 0.2) is 10.6 Å². The SMILES string of the molecule is CC1(C)C(C=C(Cl)Cl)C1CC(=O)OCc1c(F)c(F)c(F)c(F)c1F. The van der Waals surface area contributed by atoms with Crippen LogP contribution in [0.25, 0.3) is 0 Å². The van der Waals surface area contributed by atoms with Crippen molar-refractivity contribution in [2.24, 2.45) is 17.3 Å². The molecule has 9 heteroatoms. The average molecular weight is 403 g/mol. The Bertz CT molecular complexity index is 716. The molecule has 0 aromatic heterocycles. The standard InChI is InChI=1S/C16H13Cl2F5O2/c1-16(2)7(3-9(17)18)8(16)4-10(24)25-5-6-11(19)13(21)15(23)14(22)12(6)20/h3,7-8H,4-5H2,1-2H3. The minimum absolute atomic E-state index is 0.0512. The number of hydrogen-bond acceptors (Lipinski definition) is 2. The molecule has 0 N–H and O–H groups in total. The summed E-state index contributed by atoms with van der Waals surface area (Å²) in [6.45, 7) is 2.67. The van der Waals surface area contributed by atoms with Crippen molar-refractivity contribution >= 4 is 29.2 Å². The van der Waals surface area contributed by atoms with E-state index in [9.17, 15) is 26.7 Å². The Balaban J connectivity index is 2.04. The molecule has 1 fully saturated rings. The third-order valence-corrected chi connectivity index (χ3v) is 4.76. The van der Waals surface area contributed by atoms with Crippen LogP contribution in [0.3, 0.4) is 0 Å². The molecular formula is C16H13Cl2F5O2. The van der Waals surface area contributed by atoms with Crippen molar-refractivity contribution in [3.05, 3.63) is 45.2 Å². The second-order valence-electron chi connectivity index (χ2n) is 6.32. The number of benzene rings is 1. The molecule has 0 radical (unpaired) electrons. The summed E-state index contributed by atoms with van der Waals surface area (Å²) >= 11 is 11.2. The van der Waals surface area contributed by atoms with E-state index in [1.54, 1.807) is 6.08 Å². The highest BCUT2D eigenvalue weighted by Gasteiger charge is 2.57. The number of esters is 1. The van der Waals surface area contributed by atoms with Crippen LogP contribution in [0.1, 0.15) is 25.8 Å². The zero-order chi connectivity index (χ0) is 19.1. The van der Waals surface area contributed by atoms with Gasteiger partial charge in [0.15, 0.2) is 23.3 Å². The lowest BCUT2D eigenvalue weighted by Gasteiger charge is -2.09. The summed E-state index contributed by atoms with van der Waals surface area (Å²) in [5.74, 6) is -11.6. The summed E-state index contributed by atoms with van der Waals surface area (Å²) in [7, 11) is 0. The first-order chi connectivity index (χ1) is 11.5. The van der Waals surface area contributed by atoms with Gasteiger partial charge >= 0.3 is 5.97 Å². The lowest BCUT2D eigenvalue weighted by molar-refractivity contribution is -0.145. The number of halogens is 7. The molecule has 0 amide bonds. The lowest BCUT2D eigenvalue weighted by Crippen LogP contribution is -2.12. The molecule has 1 aliphatic carbocycles. The quantitative estimate of drug-likeness (QED) is 0.285. The van der Waals surface area contributed by atoms with E-state index in [2.05, 4.69) is 4.74 Å². The van der Waals surface area contributed by atoms with Gasteiger partial charge in [-0.2, -0.15) is 0 Å². The molecule has 2 atom stereocenters. The molecule has 1 aromatic rings. The molecule has 2 nitrogen and oxygen atoms in total. The lowest BCUT2D eigenvalue weighted by atomic mass is 10.1. The zero-order valence-electron chi connectivity index (χ0n) is 13.1. The van der Waals surface area contributed by atoms with Crippen LogP contribution >= 0.6 is 23.2 Å². The highest BCUT2D eigenvalue weighted by atomic mass is 35.5. The Labute approximate surface area is 150 Å². The van der Waals surface area contributed by atoms with Gasteiger partial charge in [-0.05, 0) is 17.3 Å². The van der Waals surface area contributed by atoms with Gasteiger partial charge in [0.25, 0.3) is 0 Å². The van der Waals surface area contributed by atoms with Crippen LogP contribution < -0.4 is 0 Å². The van der Waals surface area contributed by atoms with Gasteiger partial charge in [0.2, 0.25) is 5.82 Å². The van der Waals surface area contributed by atoms with Crippen LogP contribution in [-0.2, 0) is 16.1 Å². The molecule has 1 saturated carbocycles. The van der Waals surface area contributed by atoms with Gasteiger partial charge in [-0.15, -0.1) is 0 Å². The van der Waals surface area contributed by atoms with Crippen molar-refractivity contribution in [2.45, 2.75) is 26.9 Å². The smallest absolute Gasteiger partial charge is 0.306 e. The summed E-state index contributed by atoms with van der Waals surface area (Å²) in [4.78, 5) is 11.8. The molecule has 0 spiro atoms. The van der Waals surface area contributed by atoms with Crippen LogP contribution in [0.4, 0.5) is 22.0 Å². The molecule has 0 bridgehead atoms. The van der Waals surface area contributed by atoms with Crippen LogP contribution in [0, 0.1) is 46.3 Å². The van der Waals surface area contributed by atoms with Gasteiger partial charge in [0, 0.05) is 6.42 Å². The number of hydrogen-bond donors (Lipinski definition) is 0. The first-order valence-electron chi connectivity index (χ1n) is 7.17. The molecule has 0 saturated heterocycles. The summed E-state index contributed by atoms with van der Waals surface area (Å²) in [6.07, 6.45) is 1.47. The van der Waals surface area contributed by atoms with Crippen molar-refractivity contribution in [3.8, 4) is 0 Å². The topological polar surface area (TPSA) is 26.3 Å². The van der Waals surface area contributed by atoms with Crippen molar-refractivity contribution < 1.29 is 31.5 Å². The third kappa shape index (κ3) is 3.92. The zero-order valence-corrected chi connectivity index (χ0v) is 14.6. The fraction of sp³-hybridized carbons (Fsp3) is 0.438. The molecule has 2 rings (SSSR count). The minimum atomic E-state index is -2.27. The maximum atomic E-state index is 13.5. The van der Waals surface area contributed by atoms with Crippen LogP contribution in [-0.4, -0.2) is 5.97 Å². The molecule has 1 aliphatic rings. The molecular weight excluding hydrogens is 390 g/mol.